The average molecular weight is 329 g/mol. The lowest BCUT2D eigenvalue weighted by atomic mass is 9.58. The highest BCUT2D eigenvalue weighted by atomic mass is 16.5. The molecule has 0 bridgehead atoms. The van der Waals surface area contributed by atoms with Crippen molar-refractivity contribution in [2.45, 2.75) is 38.4 Å². The molecule has 3 heterocycles. The first-order valence-electron chi connectivity index (χ1n) is 8.67. The molecule has 6 heteroatoms. The van der Waals surface area contributed by atoms with Gasteiger partial charge in [-0.1, -0.05) is 0 Å². The number of pyridine rings is 1. The van der Waals surface area contributed by atoms with Crippen LogP contribution >= 0.6 is 0 Å². The first-order chi connectivity index (χ1) is 11.7. The van der Waals surface area contributed by atoms with E-state index in [1.807, 2.05) is 24.0 Å². The molecule has 2 aromatic heterocycles. The number of aromatic amines is 1. The number of carbonyl (C=O) groups excluding carboxylic acids is 1. The second kappa shape index (κ2) is 5.86. The summed E-state index contributed by atoms with van der Waals surface area (Å²) in [7, 11) is 0. The number of H-pyrrole nitrogens is 1. The number of likely N-dealkylation sites (tertiary alicyclic amines) is 1. The third-order valence-electron chi connectivity index (χ3n) is 5.77. The van der Waals surface area contributed by atoms with Crippen LogP contribution in [0.2, 0.25) is 0 Å². The summed E-state index contributed by atoms with van der Waals surface area (Å²) in [6.07, 6.45) is 5.59. The standard InChI is InChI=1S/C18H23N3O3/c1-2-24-15-10-14(22)18(15)5-8-21(9-6-18)17(23)13-11-20-16-12(13)4-3-7-19-16/h3-4,7,11,14-15,22H,2,5-6,8-10H2,1H3,(H,19,20)/t14-,15+/m1/s1. The molecule has 0 unspecified atom stereocenters. The van der Waals surface area contributed by atoms with Gasteiger partial charge in [0, 0.05) is 49.3 Å². The van der Waals surface area contributed by atoms with E-state index in [2.05, 4.69) is 9.97 Å². The van der Waals surface area contributed by atoms with Crippen LogP contribution in [0, 0.1) is 5.41 Å². The van der Waals surface area contributed by atoms with Gasteiger partial charge >= 0.3 is 0 Å². The molecule has 1 spiro atoms. The Kier molecular flexibility index (Phi) is 3.81. The predicted octanol–water partition coefficient (Wildman–Crippen LogP) is 1.95. The molecular weight excluding hydrogens is 306 g/mol. The zero-order valence-electron chi connectivity index (χ0n) is 13.9. The second-order valence-corrected chi connectivity index (χ2v) is 6.82. The van der Waals surface area contributed by atoms with Gasteiger partial charge in [-0.3, -0.25) is 4.79 Å². The highest BCUT2D eigenvalue weighted by Gasteiger charge is 2.56. The fraction of sp³-hybridized carbons (Fsp3) is 0.556. The van der Waals surface area contributed by atoms with E-state index in [0.29, 0.717) is 25.3 Å². The molecule has 0 radical (unpaired) electrons. The first kappa shape index (κ1) is 15.6. The number of aliphatic hydroxyl groups excluding tert-OH is 1. The maximum atomic E-state index is 12.9. The lowest BCUT2D eigenvalue weighted by Crippen LogP contribution is -2.62. The second-order valence-electron chi connectivity index (χ2n) is 6.82. The van der Waals surface area contributed by atoms with Gasteiger partial charge in [0.05, 0.1) is 17.8 Å². The van der Waals surface area contributed by atoms with E-state index in [1.54, 1.807) is 12.4 Å². The Morgan fingerprint density at radius 2 is 2.29 bits per heavy atom. The van der Waals surface area contributed by atoms with E-state index in [0.717, 1.165) is 30.3 Å². The molecular formula is C18H23N3O3. The first-order valence-corrected chi connectivity index (χ1v) is 8.67. The molecule has 1 saturated heterocycles. The van der Waals surface area contributed by atoms with Crippen LogP contribution < -0.4 is 0 Å². The minimum absolute atomic E-state index is 0.0332. The molecule has 2 atom stereocenters. The van der Waals surface area contributed by atoms with E-state index >= 15 is 0 Å². The molecule has 0 aromatic carbocycles. The summed E-state index contributed by atoms with van der Waals surface area (Å²) in [5.41, 5.74) is 1.25. The SMILES string of the molecule is CCO[C@H]1C[C@@H](O)C12CCN(C(=O)c1c[nH]c3ncccc13)CC2. The molecule has 2 aromatic rings. The van der Waals surface area contributed by atoms with Crippen molar-refractivity contribution in [1.82, 2.24) is 14.9 Å². The minimum atomic E-state index is -0.302. The minimum Gasteiger partial charge on any atom is -0.392 e. The number of amides is 1. The maximum absolute atomic E-state index is 12.9. The van der Waals surface area contributed by atoms with Gasteiger partial charge in [-0.05, 0) is 31.9 Å². The summed E-state index contributed by atoms with van der Waals surface area (Å²) < 4.78 is 5.79. The Balaban J connectivity index is 1.49. The van der Waals surface area contributed by atoms with Crippen molar-refractivity contribution in [3.05, 3.63) is 30.1 Å². The third kappa shape index (κ3) is 2.24. The number of nitrogens with one attached hydrogen (secondary N) is 1. The van der Waals surface area contributed by atoms with Gasteiger partial charge in [-0.2, -0.15) is 0 Å². The summed E-state index contributed by atoms with van der Waals surface area (Å²) in [4.78, 5) is 22.0. The fourth-order valence-corrected chi connectivity index (χ4v) is 4.25. The van der Waals surface area contributed by atoms with Crippen molar-refractivity contribution in [2.75, 3.05) is 19.7 Å². The highest BCUT2D eigenvalue weighted by molar-refractivity contribution is 6.05. The van der Waals surface area contributed by atoms with Crippen LogP contribution in [0.1, 0.15) is 36.5 Å². The van der Waals surface area contributed by atoms with E-state index in [4.69, 9.17) is 4.74 Å². The Morgan fingerprint density at radius 3 is 3.00 bits per heavy atom. The van der Waals surface area contributed by atoms with Crippen LogP contribution in [0.3, 0.4) is 0 Å². The quantitative estimate of drug-likeness (QED) is 0.902. The summed E-state index contributed by atoms with van der Waals surface area (Å²) in [6, 6.07) is 3.76. The molecule has 2 aliphatic rings. The van der Waals surface area contributed by atoms with Gasteiger partial charge < -0.3 is 19.7 Å². The monoisotopic (exact) mass is 329 g/mol. The Morgan fingerprint density at radius 1 is 1.50 bits per heavy atom. The zero-order valence-corrected chi connectivity index (χ0v) is 13.9. The summed E-state index contributed by atoms with van der Waals surface area (Å²) in [5.74, 6) is 0.0332. The smallest absolute Gasteiger partial charge is 0.256 e. The molecule has 1 aliphatic carbocycles. The number of hydrogen-bond acceptors (Lipinski definition) is 4. The molecule has 4 rings (SSSR count). The maximum Gasteiger partial charge on any atom is 0.256 e. The number of aliphatic hydroxyl groups is 1. The van der Waals surface area contributed by atoms with Crippen molar-refractivity contribution >= 4 is 16.9 Å². The Hall–Kier alpha value is -1.92. The lowest BCUT2D eigenvalue weighted by Gasteiger charge is -2.56. The van der Waals surface area contributed by atoms with Crippen LogP contribution in [0.25, 0.3) is 11.0 Å². The van der Waals surface area contributed by atoms with E-state index in [9.17, 15) is 9.90 Å². The van der Waals surface area contributed by atoms with E-state index in [1.165, 1.54) is 0 Å². The molecule has 1 aliphatic heterocycles. The van der Waals surface area contributed by atoms with E-state index < -0.39 is 0 Å². The predicted molar refractivity (Wildman–Crippen MR) is 89.7 cm³/mol. The number of aromatic nitrogens is 2. The zero-order chi connectivity index (χ0) is 16.7. The summed E-state index contributed by atoms with van der Waals surface area (Å²) >= 11 is 0. The van der Waals surface area contributed by atoms with Crippen LogP contribution in [0.15, 0.2) is 24.5 Å². The normalized spacial score (nSPS) is 25.8. The number of rotatable bonds is 3. The largest absolute Gasteiger partial charge is 0.392 e. The van der Waals surface area contributed by atoms with Gasteiger partial charge in [0.2, 0.25) is 0 Å². The third-order valence-corrected chi connectivity index (χ3v) is 5.77. The lowest BCUT2D eigenvalue weighted by molar-refractivity contribution is -0.207. The summed E-state index contributed by atoms with van der Waals surface area (Å²) in [5, 5.41) is 11.1. The van der Waals surface area contributed by atoms with Crippen molar-refractivity contribution in [3.63, 3.8) is 0 Å². The molecule has 6 nitrogen and oxygen atoms in total. The van der Waals surface area contributed by atoms with Gasteiger partial charge in [-0.25, -0.2) is 4.98 Å². The van der Waals surface area contributed by atoms with E-state index in [-0.39, 0.29) is 23.5 Å². The van der Waals surface area contributed by atoms with Crippen molar-refractivity contribution in [1.29, 1.82) is 0 Å². The number of fused-ring (bicyclic) bond motifs is 1. The van der Waals surface area contributed by atoms with Gasteiger partial charge in [0.25, 0.3) is 5.91 Å². The van der Waals surface area contributed by atoms with Crippen molar-refractivity contribution < 1.29 is 14.6 Å². The number of nitrogens with zero attached hydrogens (tertiary/aromatic N) is 2. The molecule has 1 amide bonds. The number of piperidine rings is 1. The van der Waals surface area contributed by atoms with Crippen molar-refractivity contribution in [3.8, 4) is 0 Å². The number of hydrogen-bond donors (Lipinski definition) is 2. The van der Waals surface area contributed by atoms with Gasteiger partial charge in [-0.15, -0.1) is 0 Å². The van der Waals surface area contributed by atoms with Crippen LogP contribution in [-0.2, 0) is 4.74 Å². The topological polar surface area (TPSA) is 78.5 Å². The van der Waals surface area contributed by atoms with Gasteiger partial charge in [0.15, 0.2) is 0 Å². The molecule has 2 fully saturated rings. The molecule has 2 N–H and O–H groups in total. The highest BCUT2D eigenvalue weighted by Crippen LogP contribution is 2.51. The number of ether oxygens (including phenoxy) is 1. The molecule has 128 valence electrons. The number of carbonyl (C=O) groups is 1. The van der Waals surface area contributed by atoms with Gasteiger partial charge in [0.1, 0.15) is 5.65 Å². The average Bonchev–Trinajstić information content (AvgIpc) is 3.05. The molecule has 24 heavy (non-hydrogen) atoms. The summed E-state index contributed by atoms with van der Waals surface area (Å²) in [6.45, 7) is 3.98. The molecule has 1 saturated carbocycles. The fourth-order valence-electron chi connectivity index (χ4n) is 4.25. The Bertz CT molecular complexity index is 747. The van der Waals surface area contributed by atoms with Crippen molar-refractivity contribution in [2.24, 2.45) is 5.41 Å². The Labute approximate surface area is 140 Å². The van der Waals surface area contributed by atoms with Crippen LogP contribution in [0.5, 0.6) is 0 Å². The van der Waals surface area contributed by atoms with Crippen LogP contribution in [-0.4, -0.2) is 57.8 Å². The van der Waals surface area contributed by atoms with Crippen LogP contribution in [0.4, 0.5) is 0 Å².